The minimum Gasteiger partial charge on any atom is -0.394 e. The molecule has 9 fully saturated rings. The van der Waals surface area contributed by atoms with Crippen LogP contribution in [0.3, 0.4) is 0 Å². The molecule has 22 atom stereocenters. The third-order valence-corrected chi connectivity index (χ3v) is 21.1. The Kier molecular flexibility index (Phi) is 13.1. The van der Waals surface area contributed by atoms with E-state index in [1.54, 1.807) is 5.57 Å². The lowest BCUT2D eigenvalue weighted by Gasteiger charge is -2.64. The minimum absolute atomic E-state index is 0.0262. The summed E-state index contributed by atoms with van der Waals surface area (Å²) in [6.07, 6.45) is 11.8. The van der Waals surface area contributed by atoms with Gasteiger partial charge in [0, 0.05) is 0 Å². The van der Waals surface area contributed by atoms with Crippen molar-refractivity contribution in [3.05, 3.63) is 23.8 Å². The molecule has 0 amide bonds. The molecule has 8 N–H and O–H groups in total. The number of hydrogen-bond donors (Lipinski definition) is 8. The molecule has 0 aromatic heterocycles. The zero-order valence-electron chi connectivity index (χ0n) is 39.6. The Morgan fingerprint density at radius 1 is 0.578 bits per heavy atom. The van der Waals surface area contributed by atoms with Crippen LogP contribution < -0.4 is 0 Å². The quantitative estimate of drug-likeness (QED) is 0.142. The monoisotopic (exact) mass is 901 g/mol. The molecular formula is C52H84O12. The van der Waals surface area contributed by atoms with Gasteiger partial charge >= 0.3 is 0 Å². The molecule has 10 rings (SSSR count). The van der Waals surface area contributed by atoms with Crippen LogP contribution in [-0.4, -0.2) is 129 Å². The number of allylic oxidation sites excluding steroid dienone is 3. The van der Waals surface area contributed by atoms with Crippen LogP contribution in [0, 0.1) is 68.0 Å². The lowest BCUT2D eigenvalue weighted by atomic mass is 9.41. The van der Waals surface area contributed by atoms with Crippen molar-refractivity contribution in [3.63, 3.8) is 0 Å². The van der Waals surface area contributed by atoms with Crippen molar-refractivity contribution in [2.24, 2.45) is 68.0 Å². The van der Waals surface area contributed by atoms with Gasteiger partial charge in [-0.3, -0.25) is 0 Å². The zero-order chi connectivity index (χ0) is 45.8. The predicted octanol–water partition coefficient (Wildman–Crippen LogP) is 5.54. The molecule has 2 aliphatic heterocycles. The van der Waals surface area contributed by atoms with Crippen LogP contribution in [-0.2, 0) is 18.9 Å². The first-order chi connectivity index (χ1) is 30.3. The first kappa shape index (κ1) is 48.0. The fourth-order valence-electron chi connectivity index (χ4n) is 18.1. The van der Waals surface area contributed by atoms with Crippen LogP contribution in [0.4, 0.5) is 0 Å². The van der Waals surface area contributed by atoms with Crippen molar-refractivity contribution in [3.8, 4) is 0 Å². The summed E-state index contributed by atoms with van der Waals surface area (Å²) in [5, 5.41) is 80.2. The number of fused-ring (bicyclic) bond motifs is 6. The Balaban J connectivity index is 0.000000162. The Labute approximate surface area is 382 Å². The molecule has 64 heavy (non-hydrogen) atoms. The first-order valence-electron chi connectivity index (χ1n) is 25.5. The molecular weight excluding hydrogens is 817 g/mol. The smallest absolute Gasteiger partial charge is 0.186 e. The highest BCUT2D eigenvalue weighted by molar-refractivity contribution is 5.27. The van der Waals surface area contributed by atoms with Crippen LogP contribution in [0.25, 0.3) is 0 Å². The molecule has 8 aliphatic carbocycles. The maximum absolute atomic E-state index is 10.4. The standard InChI is InChI=1S/2C26H42O6/c2*1-15-11-26-10-7-18-24(2,8-4-9-25(18,3)19(26)6-5-16(15)12-26)14-31-23-22(30)21(29)20(28)17(13-27)32-23/h11,16-23,27-30H,4-10,12-14H2,1-3H3;16-23,27-30H,1,4-14H2,2-3H3/t2*16-,17-,18?,19?,20-,21+,22-,23-,24+,25-,26-/m11/s1. The van der Waals surface area contributed by atoms with Crippen molar-refractivity contribution in [2.75, 3.05) is 26.4 Å². The number of aliphatic hydroxyl groups excluding tert-OH is 8. The lowest BCUT2D eigenvalue weighted by Crippen LogP contribution is -2.60. The van der Waals surface area contributed by atoms with E-state index in [2.05, 4.69) is 47.3 Å². The molecule has 12 heteroatoms. The molecule has 0 aromatic rings. The van der Waals surface area contributed by atoms with Gasteiger partial charge in [-0.2, -0.15) is 0 Å². The highest BCUT2D eigenvalue weighted by atomic mass is 16.7. The molecule has 0 radical (unpaired) electrons. The van der Waals surface area contributed by atoms with E-state index in [-0.39, 0.29) is 16.2 Å². The maximum Gasteiger partial charge on any atom is 0.186 e. The van der Waals surface area contributed by atoms with Crippen LogP contribution in [0.15, 0.2) is 23.8 Å². The fraction of sp³-hybridized carbons (Fsp3) is 0.923. The van der Waals surface area contributed by atoms with Gasteiger partial charge in [-0.15, -0.1) is 0 Å². The van der Waals surface area contributed by atoms with Gasteiger partial charge in [-0.25, -0.2) is 0 Å². The van der Waals surface area contributed by atoms with Crippen LogP contribution >= 0.6 is 0 Å². The van der Waals surface area contributed by atoms with Crippen molar-refractivity contribution in [2.45, 2.75) is 205 Å². The van der Waals surface area contributed by atoms with Gasteiger partial charge < -0.3 is 59.8 Å². The molecule has 2 saturated heterocycles. The lowest BCUT2D eigenvalue weighted by molar-refractivity contribution is -0.310. The molecule has 2 heterocycles. The fourth-order valence-corrected chi connectivity index (χ4v) is 18.1. The van der Waals surface area contributed by atoms with Crippen molar-refractivity contribution in [1.29, 1.82) is 0 Å². The van der Waals surface area contributed by atoms with Gasteiger partial charge in [0.05, 0.1) is 26.4 Å². The Bertz CT molecular complexity index is 1740. The topological polar surface area (TPSA) is 199 Å². The average molecular weight is 901 g/mol. The van der Waals surface area contributed by atoms with Crippen molar-refractivity contribution in [1.82, 2.24) is 0 Å². The number of ether oxygens (including phenoxy) is 4. The van der Waals surface area contributed by atoms with E-state index in [1.807, 2.05) is 0 Å². The second kappa shape index (κ2) is 17.4. The van der Waals surface area contributed by atoms with Crippen molar-refractivity contribution >= 4 is 0 Å². The van der Waals surface area contributed by atoms with Gasteiger partial charge in [0.2, 0.25) is 0 Å². The average Bonchev–Trinajstić information content (AvgIpc) is 3.64. The third-order valence-electron chi connectivity index (χ3n) is 21.1. The second-order valence-electron chi connectivity index (χ2n) is 24.6. The summed E-state index contributed by atoms with van der Waals surface area (Å²) in [5.74, 6) is 4.13. The molecule has 364 valence electrons. The summed E-state index contributed by atoms with van der Waals surface area (Å²) < 4.78 is 23.5. The summed E-state index contributed by atoms with van der Waals surface area (Å²) >= 11 is 0. The normalized spacial score (nSPS) is 55.3. The highest BCUT2D eigenvalue weighted by Gasteiger charge is 2.65. The van der Waals surface area contributed by atoms with Gasteiger partial charge in [0.15, 0.2) is 12.6 Å². The van der Waals surface area contributed by atoms with Crippen LogP contribution in [0.1, 0.15) is 144 Å². The minimum atomic E-state index is -1.39. The molecule has 2 spiro atoms. The van der Waals surface area contributed by atoms with E-state index >= 15 is 0 Å². The molecule has 12 nitrogen and oxygen atoms in total. The Hall–Kier alpha value is -1.00. The maximum atomic E-state index is 10.4. The van der Waals surface area contributed by atoms with E-state index in [9.17, 15) is 40.9 Å². The zero-order valence-corrected chi connectivity index (χ0v) is 39.6. The van der Waals surface area contributed by atoms with E-state index in [4.69, 9.17) is 18.9 Å². The first-order valence-corrected chi connectivity index (χ1v) is 25.5. The van der Waals surface area contributed by atoms with Gasteiger partial charge in [-0.1, -0.05) is 64.3 Å². The van der Waals surface area contributed by atoms with Crippen molar-refractivity contribution < 1.29 is 59.8 Å². The number of aliphatic hydroxyl groups is 8. The molecule has 4 bridgehead atoms. The van der Waals surface area contributed by atoms with E-state index in [0.717, 1.165) is 36.5 Å². The van der Waals surface area contributed by atoms with E-state index in [0.29, 0.717) is 41.3 Å². The molecule has 10 aliphatic rings. The summed E-state index contributed by atoms with van der Waals surface area (Å²) in [7, 11) is 0. The Morgan fingerprint density at radius 2 is 1.08 bits per heavy atom. The van der Waals surface area contributed by atoms with Gasteiger partial charge in [0.25, 0.3) is 0 Å². The summed E-state index contributed by atoms with van der Waals surface area (Å²) in [5.41, 5.74) is 4.51. The van der Waals surface area contributed by atoms with Gasteiger partial charge in [0.1, 0.15) is 48.8 Å². The molecule has 0 aromatic carbocycles. The van der Waals surface area contributed by atoms with Gasteiger partial charge in [-0.05, 0) is 171 Å². The Morgan fingerprint density at radius 3 is 1.62 bits per heavy atom. The van der Waals surface area contributed by atoms with Crippen LogP contribution in [0.2, 0.25) is 0 Å². The molecule has 7 saturated carbocycles. The van der Waals surface area contributed by atoms with Crippen LogP contribution in [0.5, 0.6) is 0 Å². The third kappa shape index (κ3) is 7.69. The highest BCUT2D eigenvalue weighted by Crippen LogP contribution is 2.73. The number of hydrogen-bond acceptors (Lipinski definition) is 12. The van der Waals surface area contributed by atoms with E-state index < -0.39 is 74.6 Å². The predicted molar refractivity (Wildman–Crippen MR) is 239 cm³/mol. The summed E-state index contributed by atoms with van der Waals surface area (Å²) in [4.78, 5) is 0. The summed E-state index contributed by atoms with van der Waals surface area (Å²) in [6, 6.07) is 0. The van der Waals surface area contributed by atoms with E-state index in [1.165, 1.54) is 102 Å². The SMILES string of the molecule is C=C1C[C@@]23CCC4[C@](C)(CO[C@@H]5O[C@H](CO)[C@@H](O)[C@H](O)[C@H]5O)CCC[C@@]4(C)C2CC[C@@H]1C3.CC1=C[C@@]23CCC4[C@](C)(CO[C@@H]5O[C@H](CO)[C@@H](O)[C@H](O)[C@H]5O)CCC[C@@]4(C)C2CC[C@@H]1C3. The number of rotatable bonds is 8. The largest absolute Gasteiger partial charge is 0.394 e. The molecule has 4 unspecified atom stereocenters. The summed E-state index contributed by atoms with van der Waals surface area (Å²) in [6.45, 7) is 16.6. The second-order valence-corrected chi connectivity index (χ2v) is 24.6.